The second-order valence-electron chi connectivity index (χ2n) is 2.63. The molecule has 0 fully saturated rings. The van der Waals surface area contributed by atoms with Crippen molar-refractivity contribution in [3.63, 3.8) is 0 Å². The summed E-state index contributed by atoms with van der Waals surface area (Å²) in [4.78, 5) is 24.1. The van der Waals surface area contributed by atoms with Gasteiger partial charge in [0.2, 0.25) is 0 Å². The quantitative estimate of drug-likeness (QED) is 0.646. The Hall–Kier alpha value is -1.58. The Bertz CT molecular complexity index is 378. The van der Waals surface area contributed by atoms with E-state index < -0.39 is 5.97 Å². The summed E-state index contributed by atoms with van der Waals surface area (Å²) in [5.41, 5.74) is 0.528. The van der Waals surface area contributed by atoms with Crippen LogP contribution in [-0.2, 0) is 0 Å². The predicted molar refractivity (Wildman–Crippen MR) is 43.5 cm³/mol. The van der Waals surface area contributed by atoms with Crippen LogP contribution in [0.15, 0.2) is 10.9 Å². The molecule has 0 bridgehead atoms. The number of aromatic nitrogens is 1. The summed E-state index contributed by atoms with van der Waals surface area (Å²) < 4.78 is 0. The van der Waals surface area contributed by atoms with Gasteiger partial charge in [0.25, 0.3) is 5.56 Å². The number of aromatic amines is 1. The maximum Gasteiger partial charge on any atom is 0.336 e. The number of H-pyrrole nitrogens is 1. The largest absolute Gasteiger partial charge is 0.478 e. The fourth-order valence-electron chi connectivity index (χ4n) is 0.978. The second-order valence-corrected chi connectivity index (χ2v) is 2.63. The Morgan fingerprint density at radius 3 is 2.58 bits per heavy atom. The molecule has 64 valence electrons. The van der Waals surface area contributed by atoms with E-state index >= 15 is 0 Å². The molecule has 0 amide bonds. The lowest BCUT2D eigenvalue weighted by molar-refractivity contribution is 0.0695. The number of aryl methyl sites for hydroxylation is 1. The fraction of sp³-hybridized carbons (Fsp3) is 0.250. The minimum absolute atomic E-state index is 0.0660. The number of nitrogens with one attached hydrogen (secondary N) is 1. The molecule has 0 aliphatic carbocycles. The highest BCUT2D eigenvalue weighted by Crippen LogP contribution is 2.03. The predicted octanol–water partition coefficient (Wildman–Crippen LogP) is 0.690. The van der Waals surface area contributed by atoms with Crippen LogP contribution in [0.5, 0.6) is 0 Å². The molecule has 0 aliphatic heterocycles. The number of carboxylic acids is 1. The van der Waals surface area contributed by atoms with Gasteiger partial charge < -0.3 is 10.1 Å². The van der Waals surface area contributed by atoms with Gasteiger partial charge in [-0.2, -0.15) is 0 Å². The summed E-state index contributed by atoms with van der Waals surface area (Å²) in [6, 6.07) is 1.44. The Kier molecular flexibility index (Phi) is 1.99. The average molecular weight is 167 g/mol. The van der Waals surface area contributed by atoms with E-state index in [0.717, 1.165) is 0 Å². The molecule has 1 heterocycles. The van der Waals surface area contributed by atoms with Crippen molar-refractivity contribution < 1.29 is 9.90 Å². The van der Waals surface area contributed by atoms with Crippen LogP contribution in [0.4, 0.5) is 0 Å². The lowest BCUT2D eigenvalue weighted by Crippen LogP contribution is -2.16. The van der Waals surface area contributed by atoms with Gasteiger partial charge in [-0.15, -0.1) is 0 Å². The maximum atomic E-state index is 11.0. The van der Waals surface area contributed by atoms with Crippen molar-refractivity contribution in [1.82, 2.24) is 4.98 Å². The van der Waals surface area contributed by atoms with Crippen molar-refractivity contribution in [3.8, 4) is 0 Å². The van der Waals surface area contributed by atoms with Crippen LogP contribution in [0.3, 0.4) is 0 Å². The molecule has 12 heavy (non-hydrogen) atoms. The van der Waals surface area contributed by atoms with Crippen LogP contribution in [0.25, 0.3) is 0 Å². The topological polar surface area (TPSA) is 70.2 Å². The van der Waals surface area contributed by atoms with Crippen molar-refractivity contribution >= 4 is 5.97 Å². The summed E-state index contributed by atoms with van der Waals surface area (Å²) in [6.07, 6.45) is 0. The molecule has 1 aromatic rings. The monoisotopic (exact) mass is 167 g/mol. The van der Waals surface area contributed by atoms with Gasteiger partial charge in [0.05, 0.1) is 5.56 Å². The first-order chi connectivity index (χ1) is 5.52. The van der Waals surface area contributed by atoms with Crippen molar-refractivity contribution in [1.29, 1.82) is 0 Å². The number of carboxylic acid groups (broad SMARTS) is 1. The van der Waals surface area contributed by atoms with E-state index in [4.69, 9.17) is 5.11 Å². The highest BCUT2D eigenvalue weighted by atomic mass is 16.4. The minimum Gasteiger partial charge on any atom is -0.478 e. The van der Waals surface area contributed by atoms with E-state index in [1.165, 1.54) is 13.0 Å². The number of pyridine rings is 1. The number of aromatic carboxylic acids is 1. The first-order valence-electron chi connectivity index (χ1n) is 3.46. The summed E-state index contributed by atoms with van der Waals surface area (Å²) in [7, 11) is 0. The lowest BCUT2D eigenvalue weighted by Gasteiger charge is -1.99. The normalized spacial score (nSPS) is 9.83. The average Bonchev–Trinajstić information content (AvgIpc) is 1.96. The van der Waals surface area contributed by atoms with Crippen molar-refractivity contribution in [2.45, 2.75) is 13.8 Å². The summed E-state index contributed by atoms with van der Waals surface area (Å²) >= 11 is 0. The molecule has 4 heteroatoms. The summed E-state index contributed by atoms with van der Waals surface area (Å²) in [5.74, 6) is -1.07. The Balaban J connectivity index is 3.48. The van der Waals surface area contributed by atoms with Gasteiger partial charge in [-0.1, -0.05) is 0 Å². The van der Waals surface area contributed by atoms with E-state index in [0.29, 0.717) is 5.69 Å². The number of rotatable bonds is 1. The van der Waals surface area contributed by atoms with Crippen LogP contribution in [-0.4, -0.2) is 16.1 Å². The van der Waals surface area contributed by atoms with E-state index in [2.05, 4.69) is 4.98 Å². The first-order valence-corrected chi connectivity index (χ1v) is 3.46. The molecule has 0 radical (unpaired) electrons. The molecule has 0 saturated carbocycles. The van der Waals surface area contributed by atoms with Crippen LogP contribution >= 0.6 is 0 Å². The maximum absolute atomic E-state index is 11.0. The summed E-state index contributed by atoms with van der Waals surface area (Å²) in [5, 5.41) is 8.66. The minimum atomic E-state index is -1.07. The first kappa shape index (κ1) is 8.52. The van der Waals surface area contributed by atoms with Gasteiger partial charge in [-0.05, 0) is 19.9 Å². The lowest BCUT2D eigenvalue weighted by atomic mass is 10.1. The zero-order valence-electron chi connectivity index (χ0n) is 6.84. The number of hydrogen-bond donors (Lipinski definition) is 2. The third-order valence-corrected chi connectivity index (χ3v) is 1.65. The van der Waals surface area contributed by atoms with Crippen molar-refractivity contribution in [2.24, 2.45) is 0 Å². The van der Waals surface area contributed by atoms with Crippen LogP contribution in [0.2, 0.25) is 0 Å². The molecule has 0 aliphatic rings. The molecule has 2 N–H and O–H groups in total. The van der Waals surface area contributed by atoms with Gasteiger partial charge in [0.1, 0.15) is 0 Å². The molecule has 4 nitrogen and oxygen atoms in total. The molecular weight excluding hydrogens is 158 g/mol. The molecule has 0 atom stereocenters. The van der Waals surface area contributed by atoms with Gasteiger partial charge in [-0.3, -0.25) is 4.79 Å². The van der Waals surface area contributed by atoms with Gasteiger partial charge in [-0.25, -0.2) is 4.79 Å². The van der Waals surface area contributed by atoms with E-state index in [1.807, 2.05) is 0 Å². The van der Waals surface area contributed by atoms with E-state index in [-0.39, 0.29) is 16.7 Å². The van der Waals surface area contributed by atoms with Crippen molar-refractivity contribution in [3.05, 3.63) is 33.2 Å². The van der Waals surface area contributed by atoms with Gasteiger partial charge in [0, 0.05) is 11.3 Å². The number of hydrogen-bond acceptors (Lipinski definition) is 2. The van der Waals surface area contributed by atoms with E-state index in [9.17, 15) is 9.59 Å². The highest BCUT2D eigenvalue weighted by Gasteiger charge is 2.09. The molecular formula is C8H9NO3. The summed E-state index contributed by atoms with van der Waals surface area (Å²) in [6.45, 7) is 3.13. The molecule has 0 unspecified atom stereocenters. The third-order valence-electron chi connectivity index (χ3n) is 1.65. The Morgan fingerprint density at radius 2 is 2.08 bits per heavy atom. The van der Waals surface area contributed by atoms with Crippen molar-refractivity contribution in [2.75, 3.05) is 0 Å². The third kappa shape index (κ3) is 1.37. The Labute approximate surface area is 68.9 Å². The zero-order chi connectivity index (χ0) is 9.30. The number of carbonyl (C=O) groups is 1. The second kappa shape index (κ2) is 2.81. The molecule has 1 rings (SSSR count). The van der Waals surface area contributed by atoms with Gasteiger partial charge >= 0.3 is 5.97 Å². The molecule has 0 saturated heterocycles. The smallest absolute Gasteiger partial charge is 0.336 e. The highest BCUT2D eigenvalue weighted by molar-refractivity contribution is 5.89. The van der Waals surface area contributed by atoms with Crippen LogP contribution in [0.1, 0.15) is 21.6 Å². The van der Waals surface area contributed by atoms with Crippen LogP contribution < -0.4 is 5.56 Å². The van der Waals surface area contributed by atoms with Crippen LogP contribution in [0, 0.1) is 13.8 Å². The molecule has 0 aromatic carbocycles. The van der Waals surface area contributed by atoms with Gasteiger partial charge in [0.15, 0.2) is 0 Å². The SMILES string of the molecule is Cc1cc(C(=O)O)c(C)c(=O)[nH]1. The molecule has 0 spiro atoms. The van der Waals surface area contributed by atoms with E-state index in [1.54, 1.807) is 6.92 Å². The Morgan fingerprint density at radius 1 is 1.50 bits per heavy atom. The zero-order valence-corrected chi connectivity index (χ0v) is 6.84. The standard InChI is InChI=1S/C8H9NO3/c1-4-3-6(8(11)12)5(2)7(10)9-4/h3H,1-2H3,(H,9,10)(H,11,12). The fourth-order valence-corrected chi connectivity index (χ4v) is 0.978. The molecule has 1 aromatic heterocycles.